The van der Waals surface area contributed by atoms with Crippen LogP contribution in [-0.2, 0) is 6.42 Å². The molecule has 114 valence electrons. The van der Waals surface area contributed by atoms with Crippen molar-refractivity contribution in [2.24, 2.45) is 5.73 Å². The van der Waals surface area contributed by atoms with Crippen LogP contribution in [0.5, 0.6) is 11.6 Å². The lowest BCUT2D eigenvalue weighted by Gasteiger charge is -2.08. The van der Waals surface area contributed by atoms with E-state index >= 15 is 0 Å². The van der Waals surface area contributed by atoms with Gasteiger partial charge in [-0.15, -0.1) is 0 Å². The quantitative estimate of drug-likeness (QED) is 0.857. The van der Waals surface area contributed by atoms with E-state index in [0.717, 1.165) is 35.7 Å². The highest BCUT2D eigenvalue weighted by atomic mass is 16.5. The van der Waals surface area contributed by atoms with Gasteiger partial charge in [-0.05, 0) is 37.4 Å². The standard InChI is InChI=1S/C16H23N3O2/c1-11(2)15-14(8-5-9-17)16(21-3)19(18-15)12-6-4-7-13(20)10-12/h4,6-7,10-11,20H,5,8-9,17H2,1-3H3. The zero-order valence-electron chi connectivity index (χ0n) is 12.8. The molecule has 2 rings (SSSR count). The van der Waals surface area contributed by atoms with Crippen LogP contribution in [0.15, 0.2) is 24.3 Å². The molecule has 0 aliphatic rings. The predicted molar refractivity (Wildman–Crippen MR) is 83.2 cm³/mol. The van der Waals surface area contributed by atoms with Crippen molar-refractivity contribution in [3.8, 4) is 17.3 Å². The lowest BCUT2D eigenvalue weighted by Crippen LogP contribution is -2.03. The molecule has 0 atom stereocenters. The second-order valence-electron chi connectivity index (χ2n) is 5.35. The van der Waals surface area contributed by atoms with E-state index in [1.54, 1.807) is 30.0 Å². The average molecular weight is 289 g/mol. The van der Waals surface area contributed by atoms with Gasteiger partial charge in [0.15, 0.2) is 0 Å². The summed E-state index contributed by atoms with van der Waals surface area (Å²) in [6, 6.07) is 7.00. The summed E-state index contributed by atoms with van der Waals surface area (Å²) >= 11 is 0. The lowest BCUT2D eigenvalue weighted by molar-refractivity contribution is 0.378. The van der Waals surface area contributed by atoms with Crippen LogP contribution in [0.3, 0.4) is 0 Å². The Bertz CT molecular complexity index is 606. The number of aromatic nitrogens is 2. The van der Waals surface area contributed by atoms with Gasteiger partial charge in [0, 0.05) is 11.6 Å². The summed E-state index contributed by atoms with van der Waals surface area (Å²) in [5.41, 5.74) is 8.53. The number of hydrogen-bond acceptors (Lipinski definition) is 4. The molecule has 5 heteroatoms. The third-order valence-electron chi connectivity index (χ3n) is 3.41. The molecule has 0 unspecified atom stereocenters. The molecule has 1 aromatic heterocycles. The number of phenols is 1. The summed E-state index contributed by atoms with van der Waals surface area (Å²) in [7, 11) is 1.65. The molecule has 1 aromatic carbocycles. The molecular weight excluding hydrogens is 266 g/mol. The number of nitrogens with zero attached hydrogens (tertiary/aromatic N) is 2. The van der Waals surface area contributed by atoms with E-state index in [2.05, 4.69) is 18.9 Å². The maximum Gasteiger partial charge on any atom is 0.219 e. The third-order valence-corrected chi connectivity index (χ3v) is 3.41. The minimum atomic E-state index is 0.208. The van der Waals surface area contributed by atoms with Gasteiger partial charge in [-0.25, -0.2) is 4.68 Å². The fraction of sp³-hybridized carbons (Fsp3) is 0.438. The van der Waals surface area contributed by atoms with Crippen molar-refractivity contribution in [1.82, 2.24) is 9.78 Å². The number of aromatic hydroxyl groups is 1. The normalized spacial score (nSPS) is 11.1. The van der Waals surface area contributed by atoms with Crippen molar-refractivity contribution in [3.63, 3.8) is 0 Å². The van der Waals surface area contributed by atoms with Gasteiger partial charge in [-0.3, -0.25) is 0 Å². The van der Waals surface area contributed by atoms with Crippen LogP contribution >= 0.6 is 0 Å². The van der Waals surface area contributed by atoms with Gasteiger partial charge in [0.25, 0.3) is 0 Å². The first kappa shape index (κ1) is 15.4. The van der Waals surface area contributed by atoms with Crippen LogP contribution in [0.1, 0.15) is 37.4 Å². The molecule has 0 amide bonds. The smallest absolute Gasteiger partial charge is 0.219 e. The van der Waals surface area contributed by atoms with Crippen LogP contribution in [0.4, 0.5) is 0 Å². The fourth-order valence-corrected chi connectivity index (χ4v) is 2.44. The van der Waals surface area contributed by atoms with E-state index < -0.39 is 0 Å². The molecule has 0 saturated carbocycles. The van der Waals surface area contributed by atoms with Crippen LogP contribution in [0, 0.1) is 0 Å². The first-order valence-corrected chi connectivity index (χ1v) is 7.23. The number of methoxy groups -OCH3 is 1. The van der Waals surface area contributed by atoms with E-state index in [-0.39, 0.29) is 5.75 Å². The van der Waals surface area contributed by atoms with Crippen molar-refractivity contribution < 1.29 is 9.84 Å². The van der Waals surface area contributed by atoms with Crippen LogP contribution in [0.2, 0.25) is 0 Å². The first-order chi connectivity index (χ1) is 10.1. The Balaban J connectivity index is 2.55. The van der Waals surface area contributed by atoms with Crippen molar-refractivity contribution in [1.29, 1.82) is 0 Å². The Labute approximate surface area is 125 Å². The number of nitrogens with two attached hydrogens (primary N) is 1. The molecule has 0 aliphatic heterocycles. The first-order valence-electron chi connectivity index (χ1n) is 7.23. The molecule has 21 heavy (non-hydrogen) atoms. The molecule has 1 heterocycles. The Morgan fingerprint density at radius 2 is 2.14 bits per heavy atom. The van der Waals surface area contributed by atoms with Crippen molar-refractivity contribution in [2.75, 3.05) is 13.7 Å². The second-order valence-corrected chi connectivity index (χ2v) is 5.35. The largest absolute Gasteiger partial charge is 0.508 e. The zero-order valence-corrected chi connectivity index (χ0v) is 12.8. The van der Waals surface area contributed by atoms with Crippen molar-refractivity contribution in [3.05, 3.63) is 35.5 Å². The predicted octanol–water partition coefficient (Wildman–Crippen LogP) is 2.60. The zero-order chi connectivity index (χ0) is 15.4. The van der Waals surface area contributed by atoms with Gasteiger partial charge in [0.2, 0.25) is 5.88 Å². The summed E-state index contributed by atoms with van der Waals surface area (Å²) < 4.78 is 7.33. The Morgan fingerprint density at radius 3 is 2.71 bits per heavy atom. The lowest BCUT2D eigenvalue weighted by atomic mass is 10.0. The fourth-order valence-electron chi connectivity index (χ4n) is 2.44. The van der Waals surface area contributed by atoms with Gasteiger partial charge in [-0.1, -0.05) is 19.9 Å². The molecular formula is C16H23N3O2. The van der Waals surface area contributed by atoms with Crippen molar-refractivity contribution >= 4 is 0 Å². The van der Waals surface area contributed by atoms with E-state index in [9.17, 15) is 5.11 Å². The Kier molecular flexibility index (Phi) is 4.85. The van der Waals surface area contributed by atoms with E-state index in [1.165, 1.54) is 0 Å². The number of phenolic OH excluding ortho intramolecular Hbond substituents is 1. The maximum atomic E-state index is 9.67. The van der Waals surface area contributed by atoms with Gasteiger partial charge in [-0.2, -0.15) is 5.10 Å². The topological polar surface area (TPSA) is 73.3 Å². The molecule has 0 bridgehead atoms. The third kappa shape index (κ3) is 3.19. The van der Waals surface area contributed by atoms with Crippen LogP contribution < -0.4 is 10.5 Å². The Hall–Kier alpha value is -2.01. The number of benzene rings is 1. The molecule has 0 aliphatic carbocycles. The summed E-state index contributed by atoms with van der Waals surface area (Å²) in [6.07, 6.45) is 1.73. The molecule has 0 spiro atoms. The van der Waals surface area contributed by atoms with Gasteiger partial charge < -0.3 is 15.6 Å². The SMILES string of the molecule is COc1c(CCCN)c(C(C)C)nn1-c1cccc(O)c1. The van der Waals surface area contributed by atoms with E-state index in [0.29, 0.717) is 12.5 Å². The van der Waals surface area contributed by atoms with Crippen LogP contribution in [-0.4, -0.2) is 28.5 Å². The van der Waals surface area contributed by atoms with Gasteiger partial charge >= 0.3 is 0 Å². The summed E-state index contributed by atoms with van der Waals surface area (Å²) in [4.78, 5) is 0. The van der Waals surface area contributed by atoms with Crippen LogP contribution in [0.25, 0.3) is 5.69 Å². The van der Waals surface area contributed by atoms with Gasteiger partial charge in [0.05, 0.1) is 18.5 Å². The van der Waals surface area contributed by atoms with Gasteiger partial charge in [0.1, 0.15) is 5.75 Å². The maximum absolute atomic E-state index is 9.67. The number of hydrogen-bond donors (Lipinski definition) is 2. The molecule has 0 saturated heterocycles. The van der Waals surface area contributed by atoms with Crippen molar-refractivity contribution in [2.45, 2.75) is 32.6 Å². The number of rotatable bonds is 6. The Morgan fingerprint density at radius 1 is 1.38 bits per heavy atom. The van der Waals surface area contributed by atoms with E-state index in [4.69, 9.17) is 10.5 Å². The molecule has 3 N–H and O–H groups in total. The monoisotopic (exact) mass is 289 g/mol. The van der Waals surface area contributed by atoms with E-state index in [1.807, 2.05) is 6.07 Å². The molecule has 5 nitrogen and oxygen atoms in total. The molecule has 2 aromatic rings. The average Bonchev–Trinajstić information content (AvgIpc) is 2.83. The summed E-state index contributed by atoms with van der Waals surface area (Å²) in [5.74, 6) is 1.22. The minimum absolute atomic E-state index is 0.208. The second kappa shape index (κ2) is 6.63. The molecule has 0 fully saturated rings. The highest BCUT2D eigenvalue weighted by molar-refractivity contribution is 5.45. The number of ether oxygens (including phenoxy) is 1. The highest BCUT2D eigenvalue weighted by Crippen LogP contribution is 2.31. The molecule has 0 radical (unpaired) electrons. The summed E-state index contributed by atoms with van der Waals surface area (Å²) in [5, 5.41) is 14.4. The minimum Gasteiger partial charge on any atom is -0.508 e. The highest BCUT2D eigenvalue weighted by Gasteiger charge is 2.21. The summed E-state index contributed by atoms with van der Waals surface area (Å²) in [6.45, 7) is 4.86.